The molecule has 0 saturated carbocycles. The molecule has 1 unspecified atom stereocenters. The second-order valence-corrected chi connectivity index (χ2v) is 11.0. The molecule has 2 aromatic carbocycles. The number of nitrogens with one attached hydrogen (secondary N) is 1. The fourth-order valence-corrected chi connectivity index (χ4v) is 6.24. The summed E-state index contributed by atoms with van der Waals surface area (Å²) in [6, 6.07) is 6.56. The normalized spacial score (nSPS) is 16.2. The van der Waals surface area contributed by atoms with Gasteiger partial charge in [-0.05, 0) is 62.5 Å². The van der Waals surface area contributed by atoms with Crippen LogP contribution in [0.5, 0.6) is 5.75 Å². The molecule has 1 atom stereocenters. The molecule has 1 aromatic heterocycles. The molecule has 3 aromatic rings. The van der Waals surface area contributed by atoms with E-state index in [4.69, 9.17) is 4.74 Å². The van der Waals surface area contributed by atoms with E-state index in [-0.39, 0.29) is 24.3 Å². The second kappa shape index (κ2) is 13.2. The lowest BCUT2D eigenvalue weighted by Crippen LogP contribution is -2.48. The summed E-state index contributed by atoms with van der Waals surface area (Å²) in [5.41, 5.74) is 2.45. The molecule has 40 heavy (non-hydrogen) atoms. The summed E-state index contributed by atoms with van der Waals surface area (Å²) >= 11 is 0.960. The van der Waals surface area contributed by atoms with E-state index in [1.807, 2.05) is 0 Å². The Bertz CT molecular complexity index is 1330. The van der Waals surface area contributed by atoms with Crippen LogP contribution in [0.3, 0.4) is 0 Å². The average Bonchev–Trinajstić information content (AvgIpc) is 2.96. The molecule has 4 rings (SSSR count). The van der Waals surface area contributed by atoms with E-state index in [0.29, 0.717) is 78.1 Å². The number of fused-ring (bicyclic) bond motifs is 1. The Morgan fingerprint density at radius 3 is 2.52 bits per heavy atom. The van der Waals surface area contributed by atoms with Crippen molar-refractivity contribution in [2.24, 2.45) is 5.41 Å². The van der Waals surface area contributed by atoms with Crippen molar-refractivity contribution in [3.05, 3.63) is 65.1 Å². The fraction of sp³-hybridized carbons (Fsp3) is 0.429. The predicted octanol–water partition coefficient (Wildman–Crippen LogP) is 4.35. The van der Waals surface area contributed by atoms with Crippen LogP contribution in [-0.4, -0.2) is 63.7 Å². The van der Waals surface area contributed by atoms with Gasteiger partial charge in [-0.25, -0.2) is 18.7 Å². The summed E-state index contributed by atoms with van der Waals surface area (Å²) in [6.45, 7) is 1.16. The second-order valence-electron chi connectivity index (χ2n) is 9.90. The van der Waals surface area contributed by atoms with Gasteiger partial charge >= 0.3 is 0 Å². The summed E-state index contributed by atoms with van der Waals surface area (Å²) in [5, 5.41) is 31.3. The van der Waals surface area contributed by atoms with E-state index in [9.17, 15) is 33.4 Å². The largest absolute Gasteiger partial charge is 0.497 e. The van der Waals surface area contributed by atoms with Gasteiger partial charge in [-0.3, -0.25) is 15.0 Å². The number of pyridine rings is 1. The molecule has 1 amide bonds. The number of likely N-dealkylation sites (tertiary alicyclic amines) is 1. The Hall–Kier alpha value is -2.90. The van der Waals surface area contributed by atoms with Crippen molar-refractivity contribution >= 4 is 28.6 Å². The minimum Gasteiger partial charge on any atom is -0.497 e. The van der Waals surface area contributed by atoms with Crippen LogP contribution in [0.4, 0.5) is 13.2 Å². The van der Waals surface area contributed by atoms with Crippen molar-refractivity contribution in [3.63, 3.8) is 0 Å². The highest BCUT2D eigenvalue weighted by atomic mass is 32.2. The number of nitrogens with zero attached hydrogens (tertiary/aromatic N) is 2. The van der Waals surface area contributed by atoms with Gasteiger partial charge in [-0.15, -0.1) is 11.8 Å². The average molecular weight is 580 g/mol. The first-order chi connectivity index (χ1) is 19.2. The number of hydrogen-bond acceptors (Lipinski definition) is 8. The predicted molar refractivity (Wildman–Crippen MR) is 143 cm³/mol. The molecule has 1 aliphatic heterocycles. The van der Waals surface area contributed by atoms with Crippen LogP contribution < -0.4 is 10.2 Å². The van der Waals surface area contributed by atoms with Gasteiger partial charge in [0.05, 0.1) is 35.6 Å². The molecule has 0 bridgehead atoms. The van der Waals surface area contributed by atoms with Crippen molar-refractivity contribution in [1.29, 1.82) is 0 Å². The number of methoxy groups -OCH3 is 1. The molecule has 8 nitrogen and oxygen atoms in total. The number of hydrogen-bond donors (Lipinski definition) is 4. The van der Waals surface area contributed by atoms with Crippen LogP contribution in [0, 0.1) is 22.9 Å². The maximum Gasteiger partial charge on any atom is 0.249 e. The van der Waals surface area contributed by atoms with Gasteiger partial charge in [0.2, 0.25) is 5.91 Å². The first-order valence-electron chi connectivity index (χ1n) is 12.9. The molecule has 1 aliphatic rings. The van der Waals surface area contributed by atoms with Gasteiger partial charge in [0.25, 0.3) is 0 Å². The molecule has 216 valence electrons. The number of carbonyl (C=O) groups is 1. The number of piperidine rings is 1. The lowest BCUT2D eigenvalue weighted by Gasteiger charge is -2.40. The molecule has 1 saturated heterocycles. The fourth-order valence-electron chi connectivity index (χ4n) is 5.29. The number of amides is 1. The van der Waals surface area contributed by atoms with E-state index in [0.717, 1.165) is 11.8 Å². The molecular weight excluding hydrogens is 547 g/mol. The van der Waals surface area contributed by atoms with Crippen molar-refractivity contribution in [2.75, 3.05) is 32.5 Å². The van der Waals surface area contributed by atoms with Gasteiger partial charge < -0.3 is 19.8 Å². The zero-order chi connectivity index (χ0) is 28.9. The highest BCUT2D eigenvalue weighted by molar-refractivity contribution is 7.99. The number of ether oxygens (including phenoxy) is 1. The van der Waals surface area contributed by atoms with Crippen molar-refractivity contribution in [1.82, 2.24) is 15.4 Å². The number of benzene rings is 2. The molecule has 0 aliphatic carbocycles. The standard InChI is InChI=1S/C28H32F3N3O5S/c1-39-19-2-3-23-20(14-19)25(17(16-35)15-32-23)24(36)4-5-28(27(37)33-38)6-8-34(9-7-28)10-11-40-26-21(30)12-18(29)13-22(26)31/h2-3,12-15,24,35-36,38H,4-11,16H2,1H3,(H,33,37). The Morgan fingerprint density at radius 2 is 1.90 bits per heavy atom. The van der Waals surface area contributed by atoms with E-state index in [2.05, 4.69) is 9.88 Å². The molecule has 1 fully saturated rings. The number of aliphatic hydroxyl groups is 2. The van der Waals surface area contributed by atoms with Crippen LogP contribution in [-0.2, 0) is 11.4 Å². The molecule has 2 heterocycles. The first-order valence-corrected chi connectivity index (χ1v) is 13.9. The van der Waals surface area contributed by atoms with E-state index in [1.165, 1.54) is 13.3 Å². The van der Waals surface area contributed by atoms with Crippen molar-refractivity contribution in [3.8, 4) is 5.75 Å². The van der Waals surface area contributed by atoms with Crippen LogP contribution in [0.25, 0.3) is 10.9 Å². The minimum atomic E-state index is -1.02. The van der Waals surface area contributed by atoms with Gasteiger partial charge in [-0.1, -0.05) is 0 Å². The summed E-state index contributed by atoms with van der Waals surface area (Å²) in [7, 11) is 1.53. The SMILES string of the molecule is COc1ccc2ncc(CO)c(C(O)CCC3(C(=O)NO)CCN(CCSc4c(F)cc(F)cc4F)CC3)c2c1. The summed E-state index contributed by atoms with van der Waals surface area (Å²) in [6.07, 6.45) is 1.76. The van der Waals surface area contributed by atoms with E-state index >= 15 is 0 Å². The lowest BCUT2D eigenvalue weighted by molar-refractivity contribution is -0.143. The van der Waals surface area contributed by atoms with Crippen molar-refractivity contribution in [2.45, 2.75) is 43.3 Å². The molecule has 0 spiro atoms. The third kappa shape index (κ3) is 6.52. The quantitative estimate of drug-likeness (QED) is 0.151. The zero-order valence-corrected chi connectivity index (χ0v) is 22.8. The number of hydroxylamine groups is 1. The highest BCUT2D eigenvalue weighted by Gasteiger charge is 2.41. The Balaban J connectivity index is 1.42. The van der Waals surface area contributed by atoms with Crippen LogP contribution in [0.15, 0.2) is 41.4 Å². The molecule has 0 radical (unpaired) electrons. The Labute approximate surface area is 234 Å². The molecular formula is C28H32F3N3O5S. The van der Waals surface area contributed by atoms with Crippen LogP contribution in [0.2, 0.25) is 0 Å². The molecule has 4 N–H and O–H groups in total. The van der Waals surface area contributed by atoms with Gasteiger partial charge in [0.15, 0.2) is 0 Å². The third-order valence-corrected chi connectivity index (χ3v) is 8.68. The lowest BCUT2D eigenvalue weighted by atomic mass is 9.73. The van der Waals surface area contributed by atoms with Crippen LogP contribution in [0.1, 0.15) is 42.9 Å². The number of aromatic nitrogens is 1. The maximum atomic E-state index is 13.9. The van der Waals surface area contributed by atoms with Gasteiger partial charge in [0.1, 0.15) is 23.2 Å². The van der Waals surface area contributed by atoms with Gasteiger partial charge in [-0.2, -0.15) is 0 Å². The highest BCUT2D eigenvalue weighted by Crippen LogP contribution is 2.40. The first kappa shape index (κ1) is 30.1. The number of aliphatic hydroxyl groups excluding tert-OH is 2. The summed E-state index contributed by atoms with van der Waals surface area (Å²) in [4.78, 5) is 19.0. The number of thioether (sulfide) groups is 1. The van der Waals surface area contributed by atoms with Crippen molar-refractivity contribution < 1.29 is 38.1 Å². The van der Waals surface area contributed by atoms with Crippen LogP contribution >= 0.6 is 11.8 Å². The minimum absolute atomic E-state index is 0.190. The van der Waals surface area contributed by atoms with E-state index in [1.54, 1.807) is 23.7 Å². The Kier molecular flexibility index (Phi) is 9.90. The number of carbonyl (C=O) groups excluding carboxylic acids is 1. The third-order valence-electron chi connectivity index (χ3n) is 7.61. The smallest absolute Gasteiger partial charge is 0.249 e. The zero-order valence-electron chi connectivity index (χ0n) is 22.0. The van der Waals surface area contributed by atoms with Gasteiger partial charge in [0, 0.05) is 41.6 Å². The Morgan fingerprint density at radius 1 is 1.20 bits per heavy atom. The number of rotatable bonds is 11. The number of halogens is 3. The topological polar surface area (TPSA) is 115 Å². The monoisotopic (exact) mass is 579 g/mol. The van der Waals surface area contributed by atoms with E-state index < -0.39 is 34.9 Å². The summed E-state index contributed by atoms with van der Waals surface area (Å²) < 4.78 is 46.3. The maximum absolute atomic E-state index is 13.9. The summed E-state index contributed by atoms with van der Waals surface area (Å²) in [5.74, 6) is -2.45. The molecule has 12 heteroatoms.